The van der Waals surface area contributed by atoms with Crippen LogP contribution in [-0.4, -0.2) is 47.7 Å². The fourth-order valence-electron chi connectivity index (χ4n) is 3.64. The van der Waals surface area contributed by atoms with E-state index in [4.69, 9.17) is 20.9 Å². The Hall–Kier alpha value is -2.90. The third kappa shape index (κ3) is 5.83. The van der Waals surface area contributed by atoms with E-state index in [1.165, 1.54) is 5.56 Å². The molecular formula is C23H26ClN5O2. The van der Waals surface area contributed by atoms with Crippen molar-refractivity contribution in [3.05, 3.63) is 71.1 Å². The molecule has 8 heteroatoms. The highest BCUT2D eigenvalue weighted by molar-refractivity contribution is 6.30. The second-order valence-electron chi connectivity index (χ2n) is 7.52. The van der Waals surface area contributed by atoms with E-state index >= 15 is 0 Å². The van der Waals surface area contributed by atoms with Crippen LogP contribution in [0.5, 0.6) is 0 Å². The maximum atomic E-state index is 6.04. The lowest BCUT2D eigenvalue weighted by molar-refractivity contribution is 0.0906. The van der Waals surface area contributed by atoms with Crippen LogP contribution >= 0.6 is 11.6 Å². The van der Waals surface area contributed by atoms with Gasteiger partial charge in [-0.1, -0.05) is 59.2 Å². The molecule has 2 heterocycles. The molecule has 1 unspecified atom stereocenters. The molecule has 1 saturated heterocycles. The molecule has 0 radical (unpaired) electrons. The lowest BCUT2D eigenvalue weighted by Crippen LogP contribution is -2.39. The van der Waals surface area contributed by atoms with E-state index < -0.39 is 0 Å². The van der Waals surface area contributed by atoms with Crippen LogP contribution in [0.4, 0.5) is 0 Å². The number of nitrogens with one attached hydrogen (secondary N) is 1. The Morgan fingerprint density at radius 2 is 2.13 bits per heavy atom. The van der Waals surface area contributed by atoms with Crippen molar-refractivity contribution in [2.24, 2.45) is 10.9 Å². The Bertz CT molecular complexity index is 1010. The van der Waals surface area contributed by atoms with Gasteiger partial charge in [0.25, 0.3) is 0 Å². The number of benzene rings is 2. The zero-order chi connectivity index (χ0) is 21.5. The molecule has 0 bridgehead atoms. The molecule has 3 aromatic rings. The van der Waals surface area contributed by atoms with Gasteiger partial charge in [-0.05, 0) is 24.1 Å². The van der Waals surface area contributed by atoms with Gasteiger partial charge in [-0.25, -0.2) is 0 Å². The van der Waals surface area contributed by atoms with E-state index in [0.29, 0.717) is 35.8 Å². The van der Waals surface area contributed by atoms with Crippen molar-refractivity contribution in [3.8, 4) is 11.4 Å². The van der Waals surface area contributed by atoms with E-state index in [0.717, 1.165) is 37.6 Å². The van der Waals surface area contributed by atoms with E-state index in [1.54, 1.807) is 7.05 Å². The summed E-state index contributed by atoms with van der Waals surface area (Å²) >= 11 is 6.04. The summed E-state index contributed by atoms with van der Waals surface area (Å²) in [5.74, 6) is 2.33. The van der Waals surface area contributed by atoms with Crippen LogP contribution in [0, 0.1) is 5.92 Å². The molecule has 162 valence electrons. The van der Waals surface area contributed by atoms with Crippen molar-refractivity contribution in [2.45, 2.75) is 19.6 Å². The largest absolute Gasteiger partial charge is 0.376 e. The van der Waals surface area contributed by atoms with Crippen LogP contribution in [0.1, 0.15) is 17.9 Å². The zero-order valence-corrected chi connectivity index (χ0v) is 18.3. The van der Waals surface area contributed by atoms with E-state index in [-0.39, 0.29) is 0 Å². The monoisotopic (exact) mass is 439 g/mol. The summed E-state index contributed by atoms with van der Waals surface area (Å²) in [7, 11) is 1.78. The number of ether oxygens (including phenoxy) is 1. The quantitative estimate of drug-likeness (QED) is 0.443. The Balaban J connectivity index is 1.24. The van der Waals surface area contributed by atoms with Crippen molar-refractivity contribution in [1.82, 2.24) is 20.4 Å². The van der Waals surface area contributed by atoms with Gasteiger partial charge in [-0.3, -0.25) is 4.99 Å². The summed E-state index contributed by atoms with van der Waals surface area (Å²) in [6.07, 6.45) is 1.08. The van der Waals surface area contributed by atoms with Crippen molar-refractivity contribution in [2.75, 3.05) is 26.7 Å². The Morgan fingerprint density at radius 1 is 1.26 bits per heavy atom. The summed E-state index contributed by atoms with van der Waals surface area (Å²) in [4.78, 5) is 11.1. The molecule has 7 nitrogen and oxygen atoms in total. The average Bonchev–Trinajstić information content (AvgIpc) is 3.45. The van der Waals surface area contributed by atoms with Gasteiger partial charge >= 0.3 is 0 Å². The number of hydrogen-bond donors (Lipinski definition) is 1. The molecule has 1 atom stereocenters. The molecule has 1 aliphatic heterocycles. The molecule has 0 spiro atoms. The van der Waals surface area contributed by atoms with E-state index in [2.05, 4.69) is 37.5 Å². The van der Waals surface area contributed by atoms with Gasteiger partial charge in [0.2, 0.25) is 11.7 Å². The fourth-order valence-corrected chi connectivity index (χ4v) is 3.83. The maximum absolute atomic E-state index is 6.04. The smallest absolute Gasteiger partial charge is 0.246 e. The highest BCUT2D eigenvalue weighted by atomic mass is 35.5. The first kappa shape index (κ1) is 21.3. The topological polar surface area (TPSA) is 75.8 Å². The number of rotatable bonds is 7. The molecule has 4 rings (SSSR count). The minimum atomic E-state index is 0.409. The first-order valence-corrected chi connectivity index (χ1v) is 10.7. The molecule has 0 saturated carbocycles. The van der Waals surface area contributed by atoms with Gasteiger partial charge in [-0.2, -0.15) is 4.98 Å². The Labute approximate surface area is 187 Å². The van der Waals surface area contributed by atoms with Gasteiger partial charge in [0.05, 0.1) is 19.8 Å². The van der Waals surface area contributed by atoms with Crippen LogP contribution in [0.25, 0.3) is 11.4 Å². The van der Waals surface area contributed by atoms with Crippen LogP contribution in [0.3, 0.4) is 0 Å². The predicted molar refractivity (Wildman–Crippen MR) is 121 cm³/mol. The zero-order valence-electron chi connectivity index (χ0n) is 17.5. The highest BCUT2D eigenvalue weighted by Crippen LogP contribution is 2.20. The second-order valence-corrected chi connectivity index (χ2v) is 7.96. The van der Waals surface area contributed by atoms with E-state index in [1.807, 2.05) is 42.5 Å². The van der Waals surface area contributed by atoms with Gasteiger partial charge < -0.3 is 19.5 Å². The highest BCUT2D eigenvalue weighted by Gasteiger charge is 2.25. The molecule has 1 fully saturated rings. The van der Waals surface area contributed by atoms with Gasteiger partial charge in [-0.15, -0.1) is 0 Å². The number of aromatic nitrogens is 2. The predicted octanol–water partition coefficient (Wildman–Crippen LogP) is 4.00. The lowest BCUT2D eigenvalue weighted by atomic mass is 10.1. The molecule has 2 aromatic carbocycles. The number of nitrogens with zero attached hydrogens (tertiary/aromatic N) is 4. The van der Waals surface area contributed by atoms with Crippen molar-refractivity contribution >= 4 is 17.6 Å². The minimum absolute atomic E-state index is 0.409. The summed E-state index contributed by atoms with van der Waals surface area (Å²) < 4.78 is 11.3. The third-order valence-electron chi connectivity index (χ3n) is 5.21. The Morgan fingerprint density at radius 3 is 2.94 bits per heavy atom. The first-order chi connectivity index (χ1) is 15.2. The van der Waals surface area contributed by atoms with Crippen molar-refractivity contribution < 1.29 is 9.26 Å². The number of aliphatic imine (C=N–C) groups is 1. The van der Waals surface area contributed by atoms with Crippen molar-refractivity contribution in [3.63, 3.8) is 0 Å². The average molecular weight is 440 g/mol. The Kier molecular flexibility index (Phi) is 7.17. The van der Waals surface area contributed by atoms with Crippen LogP contribution in [0.2, 0.25) is 5.02 Å². The summed E-state index contributed by atoms with van der Waals surface area (Å²) in [5, 5.41) is 8.00. The van der Waals surface area contributed by atoms with Gasteiger partial charge in [0.1, 0.15) is 0 Å². The minimum Gasteiger partial charge on any atom is -0.376 e. The normalized spacial score (nSPS) is 16.6. The number of hydrogen-bond acceptors (Lipinski definition) is 5. The third-order valence-corrected chi connectivity index (χ3v) is 5.45. The number of halogens is 1. The van der Waals surface area contributed by atoms with Crippen LogP contribution in [0.15, 0.2) is 64.1 Å². The number of likely N-dealkylation sites (tertiary alicyclic amines) is 1. The molecule has 1 aliphatic rings. The molecule has 1 aromatic heterocycles. The summed E-state index contributed by atoms with van der Waals surface area (Å²) in [5.41, 5.74) is 2.02. The van der Waals surface area contributed by atoms with Crippen LogP contribution < -0.4 is 5.32 Å². The van der Waals surface area contributed by atoms with Crippen molar-refractivity contribution in [1.29, 1.82) is 0 Å². The van der Waals surface area contributed by atoms with Gasteiger partial charge in [0.15, 0.2) is 5.96 Å². The molecule has 31 heavy (non-hydrogen) atoms. The van der Waals surface area contributed by atoms with E-state index in [9.17, 15) is 0 Å². The molecule has 0 aliphatic carbocycles. The lowest BCUT2D eigenvalue weighted by Gasteiger charge is -2.21. The van der Waals surface area contributed by atoms with Gasteiger partial charge in [0, 0.05) is 36.6 Å². The van der Waals surface area contributed by atoms with Crippen LogP contribution in [-0.2, 0) is 17.9 Å². The maximum Gasteiger partial charge on any atom is 0.246 e. The SMILES string of the molecule is CN=C(NCc1nc(-c2cccc(Cl)c2)no1)N1CCC(COCc2ccccc2)C1. The number of guanidine groups is 1. The molecule has 1 N–H and O–H groups in total. The second kappa shape index (κ2) is 10.4. The fraction of sp³-hybridized carbons (Fsp3) is 0.348. The summed E-state index contributed by atoms with van der Waals surface area (Å²) in [6, 6.07) is 17.6. The molecular weight excluding hydrogens is 414 g/mol. The standard InChI is InChI=1S/C23H26ClN5O2/c1-25-23(26-13-21-27-22(28-31-21)19-8-5-9-20(24)12-19)29-11-10-18(14-29)16-30-15-17-6-3-2-4-7-17/h2-9,12,18H,10-11,13-16H2,1H3,(H,25,26). The summed E-state index contributed by atoms with van der Waals surface area (Å²) in [6.45, 7) is 3.65. The molecule has 0 amide bonds. The first-order valence-electron chi connectivity index (χ1n) is 10.4.